The normalized spacial score (nSPS) is 20.2. The van der Waals surface area contributed by atoms with E-state index in [4.69, 9.17) is 9.47 Å². The molecule has 4 rings (SSSR count). The van der Waals surface area contributed by atoms with Crippen LogP contribution in [0.15, 0.2) is 48.5 Å². The number of rotatable bonds is 4. The Labute approximate surface area is 214 Å². The van der Waals surface area contributed by atoms with Gasteiger partial charge in [0.25, 0.3) is 11.8 Å². The number of hydrogen-bond donors (Lipinski definition) is 1. The Kier molecular flexibility index (Phi) is 8.39. The number of amides is 2. The summed E-state index contributed by atoms with van der Waals surface area (Å²) in [4.78, 5) is 29.6. The van der Waals surface area contributed by atoms with E-state index < -0.39 is 6.10 Å². The summed E-state index contributed by atoms with van der Waals surface area (Å²) in [6, 6.07) is 15.8. The fraction of sp³-hybridized carbons (Fsp3) is 0.517. The summed E-state index contributed by atoms with van der Waals surface area (Å²) in [6.45, 7) is 3.83. The van der Waals surface area contributed by atoms with E-state index >= 15 is 0 Å². The van der Waals surface area contributed by atoms with Crippen LogP contribution in [0.5, 0.6) is 11.5 Å². The number of piperidine rings is 1. The summed E-state index contributed by atoms with van der Waals surface area (Å²) in [5.41, 5.74) is 2.20. The van der Waals surface area contributed by atoms with Crippen LogP contribution in [-0.4, -0.2) is 63.2 Å². The van der Waals surface area contributed by atoms with Crippen molar-refractivity contribution in [3.8, 4) is 11.5 Å². The Hall–Kier alpha value is -3.22. The van der Waals surface area contributed by atoms with Crippen molar-refractivity contribution in [1.29, 1.82) is 0 Å². The predicted octanol–water partition coefficient (Wildman–Crippen LogP) is 4.05. The van der Waals surface area contributed by atoms with E-state index in [2.05, 4.69) is 11.4 Å². The number of hydrogen-bond acceptors (Lipinski definition) is 5. The molecule has 36 heavy (non-hydrogen) atoms. The molecule has 194 valence electrons. The lowest BCUT2D eigenvalue weighted by Crippen LogP contribution is -2.50. The van der Waals surface area contributed by atoms with Gasteiger partial charge in [-0.15, -0.1) is 0 Å². The van der Waals surface area contributed by atoms with Gasteiger partial charge < -0.3 is 24.6 Å². The molecule has 0 radical (unpaired) electrons. The van der Waals surface area contributed by atoms with Gasteiger partial charge in [-0.25, -0.2) is 0 Å². The molecule has 0 bridgehead atoms. The van der Waals surface area contributed by atoms with Crippen LogP contribution >= 0.6 is 0 Å². The summed E-state index contributed by atoms with van der Waals surface area (Å²) in [5.74, 6) is 1.42. The lowest BCUT2D eigenvalue weighted by molar-refractivity contribution is -0.136. The molecule has 7 heteroatoms. The molecule has 1 N–H and O–H groups in total. The number of likely N-dealkylation sites (tertiary alicyclic amines) is 1. The molecular weight excluding hydrogens is 454 g/mol. The van der Waals surface area contributed by atoms with Crippen molar-refractivity contribution in [3.05, 3.63) is 54.1 Å². The molecule has 1 atom stereocenters. The van der Waals surface area contributed by atoms with Gasteiger partial charge >= 0.3 is 0 Å². The number of aryl methyl sites for hydroxylation is 1. The minimum Gasteiger partial charge on any atom is -0.484 e. The number of nitrogens with zero attached hydrogens (tertiary/aromatic N) is 2. The van der Waals surface area contributed by atoms with Crippen molar-refractivity contribution in [1.82, 2.24) is 10.2 Å². The number of ether oxygens (including phenoxy) is 2. The molecule has 7 nitrogen and oxygen atoms in total. The number of nitrogens with one attached hydrogen (secondary N) is 1. The van der Waals surface area contributed by atoms with Crippen molar-refractivity contribution in [2.75, 3.05) is 45.2 Å². The van der Waals surface area contributed by atoms with Gasteiger partial charge in [0, 0.05) is 45.5 Å². The van der Waals surface area contributed by atoms with Crippen molar-refractivity contribution in [3.63, 3.8) is 0 Å². The number of carbonyl (C=O) groups excluding carboxylic acids is 2. The van der Waals surface area contributed by atoms with Gasteiger partial charge in [0.05, 0.1) is 0 Å². The first-order chi connectivity index (χ1) is 17.3. The quantitative estimate of drug-likeness (QED) is 0.696. The standard InChI is InChI=1S/C29H39N3O4/c1-22-28(34)30-21-29(14-7-6-10-23-9-4-5-13-26(23)36-22)15-17-32(18-16-29)27(33)20-35-25-12-8-11-24(19-25)31(2)3/h4-5,8-9,11-13,19,22H,6-7,10,14-18,20-21H2,1-3H3,(H,30,34)/t22-/m1/s1. The van der Waals surface area contributed by atoms with E-state index in [0.717, 1.165) is 55.5 Å². The first-order valence-electron chi connectivity index (χ1n) is 13.1. The average Bonchev–Trinajstić information content (AvgIpc) is 2.89. The van der Waals surface area contributed by atoms with Crippen molar-refractivity contribution >= 4 is 17.5 Å². The molecule has 0 aliphatic carbocycles. The van der Waals surface area contributed by atoms with Crippen LogP contribution in [0.3, 0.4) is 0 Å². The highest BCUT2D eigenvalue weighted by atomic mass is 16.5. The van der Waals surface area contributed by atoms with Gasteiger partial charge in [-0.2, -0.15) is 0 Å². The minimum atomic E-state index is -0.549. The summed E-state index contributed by atoms with van der Waals surface area (Å²) in [5, 5.41) is 3.15. The zero-order valence-electron chi connectivity index (χ0n) is 21.8. The number of benzene rings is 2. The third-order valence-electron chi connectivity index (χ3n) is 7.56. The molecule has 2 aromatic rings. The Balaban J connectivity index is 1.33. The Morgan fingerprint density at radius 1 is 1.11 bits per heavy atom. The number of carbonyl (C=O) groups is 2. The molecule has 2 heterocycles. The number of fused-ring (bicyclic) bond motifs is 1. The smallest absolute Gasteiger partial charge is 0.260 e. The lowest BCUT2D eigenvalue weighted by atomic mass is 9.74. The highest BCUT2D eigenvalue weighted by molar-refractivity contribution is 5.81. The molecule has 0 unspecified atom stereocenters. The van der Waals surface area contributed by atoms with E-state index in [1.165, 1.54) is 0 Å². The molecule has 1 fully saturated rings. The molecule has 2 amide bonds. The van der Waals surface area contributed by atoms with Gasteiger partial charge in [0.2, 0.25) is 0 Å². The predicted molar refractivity (Wildman–Crippen MR) is 142 cm³/mol. The van der Waals surface area contributed by atoms with Crippen molar-refractivity contribution in [2.24, 2.45) is 5.41 Å². The van der Waals surface area contributed by atoms with Crippen molar-refractivity contribution in [2.45, 2.75) is 51.6 Å². The molecule has 0 aromatic heterocycles. The second-order valence-corrected chi connectivity index (χ2v) is 10.4. The summed E-state index contributed by atoms with van der Waals surface area (Å²) >= 11 is 0. The van der Waals surface area contributed by atoms with Crippen LogP contribution in [0.25, 0.3) is 0 Å². The number of para-hydroxylation sites is 1. The second kappa shape index (κ2) is 11.7. The Morgan fingerprint density at radius 3 is 2.67 bits per heavy atom. The molecule has 0 saturated carbocycles. The zero-order chi connectivity index (χ0) is 25.5. The third kappa shape index (κ3) is 6.50. The largest absolute Gasteiger partial charge is 0.484 e. The van der Waals surface area contributed by atoms with Gasteiger partial charge in [-0.1, -0.05) is 30.7 Å². The number of anilines is 1. The maximum Gasteiger partial charge on any atom is 0.260 e. The molecule has 2 aromatic carbocycles. The van der Waals surface area contributed by atoms with Crippen LogP contribution in [0, 0.1) is 5.41 Å². The zero-order valence-corrected chi connectivity index (χ0v) is 21.8. The fourth-order valence-corrected chi connectivity index (χ4v) is 5.14. The molecule has 2 aliphatic rings. The first kappa shape index (κ1) is 25.9. The summed E-state index contributed by atoms with van der Waals surface area (Å²) in [6.07, 6.45) is 5.35. The van der Waals surface area contributed by atoms with Crippen LogP contribution < -0.4 is 19.7 Å². The second-order valence-electron chi connectivity index (χ2n) is 10.4. The molecular formula is C29H39N3O4. The van der Waals surface area contributed by atoms with E-state index in [1.54, 1.807) is 6.92 Å². The molecule has 1 spiro atoms. The van der Waals surface area contributed by atoms with Crippen LogP contribution in [0.4, 0.5) is 5.69 Å². The van der Waals surface area contributed by atoms with Crippen LogP contribution in [-0.2, 0) is 16.0 Å². The summed E-state index contributed by atoms with van der Waals surface area (Å²) < 4.78 is 11.8. The van der Waals surface area contributed by atoms with Gasteiger partial charge in [0.15, 0.2) is 12.7 Å². The maximum absolute atomic E-state index is 12.9. The van der Waals surface area contributed by atoms with E-state index in [9.17, 15) is 9.59 Å². The average molecular weight is 494 g/mol. The first-order valence-corrected chi connectivity index (χ1v) is 13.1. The monoisotopic (exact) mass is 493 g/mol. The summed E-state index contributed by atoms with van der Waals surface area (Å²) in [7, 11) is 3.95. The highest BCUT2D eigenvalue weighted by Crippen LogP contribution is 2.37. The van der Waals surface area contributed by atoms with E-state index in [0.29, 0.717) is 25.4 Å². The van der Waals surface area contributed by atoms with Gasteiger partial charge in [-0.05, 0) is 68.2 Å². The Morgan fingerprint density at radius 2 is 1.89 bits per heavy atom. The van der Waals surface area contributed by atoms with Gasteiger partial charge in [0.1, 0.15) is 11.5 Å². The highest BCUT2D eigenvalue weighted by Gasteiger charge is 2.36. The third-order valence-corrected chi connectivity index (χ3v) is 7.56. The van der Waals surface area contributed by atoms with Crippen molar-refractivity contribution < 1.29 is 19.1 Å². The van der Waals surface area contributed by atoms with Crippen LogP contribution in [0.2, 0.25) is 0 Å². The Bertz CT molecular complexity index is 1050. The molecule has 1 saturated heterocycles. The van der Waals surface area contributed by atoms with E-state index in [-0.39, 0.29) is 23.8 Å². The SMILES string of the molecule is C[C@H]1Oc2ccccc2CCCCC2(CCN(C(=O)COc3cccc(N(C)C)c3)CC2)CNC1=O. The topological polar surface area (TPSA) is 71.1 Å². The maximum atomic E-state index is 12.9. The molecule has 2 aliphatic heterocycles. The lowest BCUT2D eigenvalue weighted by Gasteiger charge is -2.42. The fourth-order valence-electron chi connectivity index (χ4n) is 5.14. The van der Waals surface area contributed by atoms with E-state index in [1.807, 2.05) is 66.4 Å². The van der Waals surface area contributed by atoms with Gasteiger partial charge in [-0.3, -0.25) is 9.59 Å². The minimum absolute atomic E-state index is 0.00573. The van der Waals surface area contributed by atoms with Crippen LogP contribution in [0.1, 0.15) is 44.6 Å².